The lowest BCUT2D eigenvalue weighted by atomic mass is 10.0. The van der Waals surface area contributed by atoms with E-state index in [0.29, 0.717) is 11.9 Å². The van der Waals surface area contributed by atoms with Crippen molar-refractivity contribution in [3.63, 3.8) is 0 Å². The Kier molecular flexibility index (Phi) is 5.13. The number of hydrogen-bond donors (Lipinski definition) is 2. The van der Waals surface area contributed by atoms with Crippen molar-refractivity contribution in [1.29, 1.82) is 0 Å². The summed E-state index contributed by atoms with van der Waals surface area (Å²) in [5, 5.41) is 11.4. The van der Waals surface area contributed by atoms with Gasteiger partial charge in [0.25, 0.3) is 5.91 Å². The van der Waals surface area contributed by atoms with E-state index in [4.69, 9.17) is 4.98 Å². The molecule has 2 aliphatic rings. The van der Waals surface area contributed by atoms with E-state index in [2.05, 4.69) is 25.4 Å². The minimum Gasteiger partial charge on any atom is -0.343 e. The number of aromatic nitrogens is 4. The Hall–Kier alpha value is -3.94. The van der Waals surface area contributed by atoms with Crippen molar-refractivity contribution in [2.45, 2.75) is 38.6 Å². The Balaban J connectivity index is 1.40. The first-order chi connectivity index (χ1) is 16.7. The van der Waals surface area contributed by atoms with Crippen LogP contribution < -0.4 is 15.1 Å². The van der Waals surface area contributed by atoms with Crippen molar-refractivity contribution in [2.24, 2.45) is 5.92 Å². The fraction of sp³-hybridized carbons (Fsp3) is 0.308. The van der Waals surface area contributed by atoms with E-state index in [1.165, 1.54) is 25.7 Å². The highest BCUT2D eigenvalue weighted by Gasteiger charge is 2.39. The van der Waals surface area contributed by atoms with Gasteiger partial charge in [-0.15, -0.1) is 0 Å². The number of nitrogens with zero attached hydrogens (tertiary/aromatic N) is 5. The fourth-order valence-electron chi connectivity index (χ4n) is 5.13. The zero-order valence-corrected chi connectivity index (χ0v) is 19.1. The Morgan fingerprint density at radius 3 is 2.74 bits per heavy atom. The third kappa shape index (κ3) is 3.65. The average molecular weight is 454 g/mol. The summed E-state index contributed by atoms with van der Waals surface area (Å²) in [6.07, 6.45) is 8.49. The second-order valence-electron chi connectivity index (χ2n) is 9.19. The molecule has 34 heavy (non-hydrogen) atoms. The van der Waals surface area contributed by atoms with Crippen LogP contribution in [0, 0.1) is 5.92 Å². The van der Waals surface area contributed by atoms with Crippen LogP contribution >= 0.6 is 0 Å². The summed E-state index contributed by atoms with van der Waals surface area (Å²) >= 11 is 0. The van der Waals surface area contributed by atoms with Gasteiger partial charge in [0, 0.05) is 23.3 Å². The van der Waals surface area contributed by atoms with Gasteiger partial charge in [0.05, 0.1) is 17.9 Å². The van der Waals surface area contributed by atoms with Gasteiger partial charge in [0.15, 0.2) is 5.82 Å². The van der Waals surface area contributed by atoms with Gasteiger partial charge < -0.3 is 10.2 Å². The van der Waals surface area contributed by atoms with Crippen LogP contribution in [0.3, 0.4) is 0 Å². The molecule has 4 aromatic rings. The van der Waals surface area contributed by atoms with Crippen LogP contribution in [0.25, 0.3) is 10.9 Å². The van der Waals surface area contributed by atoms with Crippen LogP contribution in [0.4, 0.5) is 28.8 Å². The number of nitrogens with one attached hydrogen (secondary N) is 2. The van der Waals surface area contributed by atoms with E-state index >= 15 is 0 Å². The third-order valence-corrected chi connectivity index (χ3v) is 6.95. The number of carbonyl (C=O) groups excluding carboxylic acids is 1. The van der Waals surface area contributed by atoms with Gasteiger partial charge in [0.1, 0.15) is 11.7 Å². The molecule has 0 bridgehead atoms. The molecule has 2 aromatic heterocycles. The molecule has 6 rings (SSSR count). The van der Waals surface area contributed by atoms with Gasteiger partial charge in [-0.25, -0.2) is 4.98 Å². The van der Waals surface area contributed by atoms with Crippen LogP contribution in [0.1, 0.15) is 32.6 Å². The summed E-state index contributed by atoms with van der Waals surface area (Å²) in [6, 6.07) is 15.4. The highest BCUT2D eigenvalue weighted by atomic mass is 16.2. The first-order valence-corrected chi connectivity index (χ1v) is 11.9. The Bertz CT molecular complexity index is 1330. The Labute approximate surface area is 198 Å². The number of aromatic amines is 1. The van der Waals surface area contributed by atoms with Crippen molar-refractivity contribution < 1.29 is 4.79 Å². The van der Waals surface area contributed by atoms with Gasteiger partial charge in [0.2, 0.25) is 5.95 Å². The number of carbonyl (C=O) groups is 1. The molecule has 2 aromatic carbocycles. The van der Waals surface area contributed by atoms with Gasteiger partial charge >= 0.3 is 0 Å². The predicted octanol–water partition coefficient (Wildman–Crippen LogP) is 5.16. The summed E-state index contributed by atoms with van der Waals surface area (Å²) in [6.45, 7) is 2.82. The molecule has 1 aliphatic carbocycles. The smallest absolute Gasteiger partial charge is 0.254 e. The molecular weight excluding hydrogens is 426 g/mol. The van der Waals surface area contributed by atoms with Gasteiger partial charge in [-0.3, -0.25) is 14.8 Å². The van der Waals surface area contributed by atoms with E-state index in [0.717, 1.165) is 40.3 Å². The topological polar surface area (TPSA) is 90.0 Å². The largest absolute Gasteiger partial charge is 0.343 e. The maximum Gasteiger partial charge on any atom is 0.254 e. The van der Waals surface area contributed by atoms with Crippen molar-refractivity contribution in [2.75, 3.05) is 21.7 Å². The number of rotatable bonds is 5. The molecule has 1 saturated carbocycles. The second kappa shape index (κ2) is 8.44. The van der Waals surface area contributed by atoms with Gasteiger partial charge in [-0.1, -0.05) is 31.0 Å². The maximum absolute atomic E-state index is 13.6. The number of benzene rings is 2. The predicted molar refractivity (Wildman–Crippen MR) is 134 cm³/mol. The second-order valence-corrected chi connectivity index (χ2v) is 9.19. The van der Waals surface area contributed by atoms with E-state index in [9.17, 15) is 4.79 Å². The van der Waals surface area contributed by atoms with Crippen LogP contribution in [-0.4, -0.2) is 38.7 Å². The molecule has 0 radical (unpaired) electrons. The molecule has 172 valence electrons. The van der Waals surface area contributed by atoms with E-state index in [-0.39, 0.29) is 11.9 Å². The van der Waals surface area contributed by atoms with Crippen molar-refractivity contribution in [1.82, 2.24) is 20.2 Å². The number of amides is 1. The standard InChI is InChI=1S/C26H27N7O/c1-17-25(34)33(21-9-3-2-4-10-21)23-15-27-26(29-20-11-12-22-19(13-20)14-28-31-22)30-24(23)32(17)16-18-7-5-6-8-18/h2-4,9-15,17-18H,5-8,16H2,1H3,(H,28,31)(H,27,29,30)/t17-/m1/s1. The van der Waals surface area contributed by atoms with Crippen LogP contribution in [0.15, 0.2) is 60.9 Å². The van der Waals surface area contributed by atoms with E-state index < -0.39 is 0 Å². The molecule has 1 fully saturated rings. The van der Waals surface area contributed by atoms with Crippen molar-refractivity contribution in [3.8, 4) is 0 Å². The quantitative estimate of drug-likeness (QED) is 0.434. The van der Waals surface area contributed by atoms with Gasteiger partial charge in [-0.2, -0.15) is 10.1 Å². The number of hydrogen-bond acceptors (Lipinski definition) is 6. The van der Waals surface area contributed by atoms with Crippen molar-refractivity contribution in [3.05, 3.63) is 60.9 Å². The maximum atomic E-state index is 13.6. The normalized spacial score (nSPS) is 18.5. The SMILES string of the molecule is C[C@@H]1C(=O)N(c2ccccc2)c2cnc(Nc3ccc4[nH]ncc4c3)nc2N1CC1CCCC1. The fourth-order valence-corrected chi connectivity index (χ4v) is 5.13. The summed E-state index contributed by atoms with van der Waals surface area (Å²) in [5.41, 5.74) is 3.42. The van der Waals surface area contributed by atoms with Crippen LogP contribution in [0.2, 0.25) is 0 Å². The van der Waals surface area contributed by atoms with Gasteiger partial charge in [-0.05, 0) is 56.0 Å². The minimum atomic E-state index is -0.307. The molecule has 1 aliphatic heterocycles. The molecule has 1 amide bonds. The average Bonchev–Trinajstić information content (AvgIpc) is 3.55. The molecule has 1 atom stereocenters. The molecule has 2 N–H and O–H groups in total. The summed E-state index contributed by atoms with van der Waals surface area (Å²) < 4.78 is 0. The lowest BCUT2D eigenvalue weighted by molar-refractivity contribution is -0.119. The lowest BCUT2D eigenvalue weighted by Gasteiger charge is -2.41. The highest BCUT2D eigenvalue weighted by molar-refractivity contribution is 6.09. The van der Waals surface area contributed by atoms with Crippen LogP contribution in [0.5, 0.6) is 0 Å². The van der Waals surface area contributed by atoms with E-state index in [1.54, 1.807) is 17.3 Å². The Morgan fingerprint density at radius 2 is 1.91 bits per heavy atom. The first kappa shape index (κ1) is 20.7. The van der Waals surface area contributed by atoms with Crippen LogP contribution in [-0.2, 0) is 4.79 Å². The molecule has 0 spiro atoms. The molecule has 3 heterocycles. The molecular formula is C26H27N7O. The lowest BCUT2D eigenvalue weighted by Crippen LogP contribution is -2.52. The molecule has 0 saturated heterocycles. The van der Waals surface area contributed by atoms with E-state index in [1.807, 2.05) is 55.5 Å². The number of anilines is 5. The number of para-hydroxylation sites is 1. The number of fused-ring (bicyclic) bond motifs is 2. The molecule has 8 heteroatoms. The summed E-state index contributed by atoms with van der Waals surface area (Å²) in [5.74, 6) is 1.94. The molecule has 8 nitrogen and oxygen atoms in total. The number of H-pyrrole nitrogens is 1. The zero-order valence-electron chi connectivity index (χ0n) is 19.1. The summed E-state index contributed by atoms with van der Waals surface area (Å²) in [4.78, 5) is 27.0. The zero-order chi connectivity index (χ0) is 23.1. The molecule has 0 unspecified atom stereocenters. The third-order valence-electron chi connectivity index (χ3n) is 6.95. The Morgan fingerprint density at radius 1 is 1.09 bits per heavy atom. The minimum absolute atomic E-state index is 0.0476. The van der Waals surface area contributed by atoms with Crippen molar-refractivity contribution >= 4 is 45.6 Å². The first-order valence-electron chi connectivity index (χ1n) is 11.9. The monoisotopic (exact) mass is 453 g/mol. The highest BCUT2D eigenvalue weighted by Crippen LogP contribution is 2.41. The summed E-state index contributed by atoms with van der Waals surface area (Å²) in [7, 11) is 0.